The van der Waals surface area contributed by atoms with Crippen molar-refractivity contribution in [3.05, 3.63) is 0 Å². The fourth-order valence-corrected chi connectivity index (χ4v) is 2.51. The summed E-state index contributed by atoms with van der Waals surface area (Å²) >= 11 is 0. The van der Waals surface area contributed by atoms with Crippen molar-refractivity contribution in [1.82, 2.24) is 5.32 Å². The van der Waals surface area contributed by atoms with Crippen LogP contribution in [0.2, 0.25) is 0 Å². The van der Waals surface area contributed by atoms with Crippen molar-refractivity contribution >= 4 is 12.1 Å². The van der Waals surface area contributed by atoms with Gasteiger partial charge in [0, 0.05) is 11.6 Å². The Bertz CT molecular complexity index is 365. The second-order valence-corrected chi connectivity index (χ2v) is 6.55. The molecule has 0 aromatic carbocycles. The summed E-state index contributed by atoms with van der Waals surface area (Å²) in [5, 5.41) is 2.83. The molecule has 6 nitrogen and oxygen atoms in total. The van der Waals surface area contributed by atoms with Crippen molar-refractivity contribution in [2.24, 2.45) is 5.73 Å². The number of nitrogens with two attached hydrogens (primary N) is 1. The van der Waals surface area contributed by atoms with E-state index in [1.165, 1.54) is 7.11 Å². The second-order valence-electron chi connectivity index (χ2n) is 6.55. The number of rotatable bonds is 3. The van der Waals surface area contributed by atoms with Crippen LogP contribution < -0.4 is 11.1 Å². The number of hydrogen-bond donors (Lipinski definition) is 2. The van der Waals surface area contributed by atoms with E-state index in [2.05, 4.69) is 10.1 Å². The van der Waals surface area contributed by atoms with Crippen LogP contribution in [0.15, 0.2) is 0 Å². The summed E-state index contributed by atoms with van der Waals surface area (Å²) < 4.78 is 9.90. The smallest absolute Gasteiger partial charge is 0.407 e. The third kappa shape index (κ3) is 5.77. The van der Waals surface area contributed by atoms with Gasteiger partial charge in [0.1, 0.15) is 5.60 Å². The molecule has 0 aromatic heterocycles. The van der Waals surface area contributed by atoms with Crippen molar-refractivity contribution in [2.75, 3.05) is 7.11 Å². The van der Waals surface area contributed by atoms with Crippen molar-refractivity contribution in [3.63, 3.8) is 0 Å². The molecule has 1 fully saturated rings. The predicted octanol–water partition coefficient (Wildman–Crippen LogP) is 1.71. The van der Waals surface area contributed by atoms with Crippen molar-refractivity contribution in [2.45, 2.75) is 70.1 Å². The molecule has 0 radical (unpaired) electrons. The molecule has 1 saturated carbocycles. The zero-order valence-corrected chi connectivity index (χ0v) is 12.8. The van der Waals surface area contributed by atoms with Gasteiger partial charge in [-0.1, -0.05) is 0 Å². The third-order valence-corrected chi connectivity index (χ3v) is 3.33. The maximum Gasteiger partial charge on any atom is 0.407 e. The number of hydrogen-bond acceptors (Lipinski definition) is 5. The normalized spacial score (nSPS) is 26.8. The van der Waals surface area contributed by atoms with Crippen LogP contribution in [0.3, 0.4) is 0 Å². The van der Waals surface area contributed by atoms with E-state index >= 15 is 0 Å². The summed E-state index contributed by atoms with van der Waals surface area (Å²) in [5.74, 6) is -0.314. The molecule has 3 N–H and O–H groups in total. The standard InChI is InChI=1S/C14H26N2O4/c1-13(2,3)20-12(18)16-10-6-5-7-14(15,8-10)9-11(17)19-4/h10H,5-9,15H2,1-4H3,(H,16,18). The molecule has 0 aromatic rings. The minimum absolute atomic E-state index is 0.0618. The topological polar surface area (TPSA) is 90.6 Å². The molecule has 1 rings (SSSR count). The fraction of sp³-hybridized carbons (Fsp3) is 0.857. The van der Waals surface area contributed by atoms with Gasteiger partial charge in [-0.2, -0.15) is 0 Å². The highest BCUT2D eigenvalue weighted by Gasteiger charge is 2.36. The quantitative estimate of drug-likeness (QED) is 0.771. The van der Waals surface area contributed by atoms with Crippen LogP contribution in [0.4, 0.5) is 4.79 Å². The summed E-state index contributed by atoms with van der Waals surface area (Å²) in [5.41, 5.74) is 5.11. The van der Waals surface area contributed by atoms with Crippen LogP contribution in [0.1, 0.15) is 52.9 Å². The van der Waals surface area contributed by atoms with Crippen LogP contribution >= 0.6 is 0 Å². The van der Waals surface area contributed by atoms with Crippen molar-refractivity contribution in [3.8, 4) is 0 Å². The number of carbonyl (C=O) groups is 2. The summed E-state index contributed by atoms with van der Waals surface area (Å²) in [4.78, 5) is 23.1. The third-order valence-electron chi connectivity index (χ3n) is 3.33. The van der Waals surface area contributed by atoms with Gasteiger partial charge >= 0.3 is 12.1 Å². The summed E-state index contributed by atoms with van der Waals surface area (Å²) in [7, 11) is 1.35. The lowest BCUT2D eigenvalue weighted by Crippen LogP contribution is -2.52. The predicted molar refractivity (Wildman–Crippen MR) is 75.2 cm³/mol. The van der Waals surface area contributed by atoms with E-state index in [4.69, 9.17) is 10.5 Å². The Morgan fingerprint density at radius 3 is 2.60 bits per heavy atom. The molecule has 20 heavy (non-hydrogen) atoms. The van der Waals surface area contributed by atoms with Crippen LogP contribution in [0, 0.1) is 0 Å². The number of methoxy groups -OCH3 is 1. The summed E-state index contributed by atoms with van der Waals surface area (Å²) in [6, 6.07) is -0.0618. The van der Waals surface area contributed by atoms with E-state index in [1.807, 2.05) is 20.8 Å². The van der Waals surface area contributed by atoms with Gasteiger partial charge in [0.05, 0.1) is 13.5 Å². The molecule has 2 unspecified atom stereocenters. The van der Waals surface area contributed by atoms with Gasteiger partial charge in [-0.25, -0.2) is 4.79 Å². The lowest BCUT2D eigenvalue weighted by molar-refractivity contribution is -0.142. The molecule has 0 saturated heterocycles. The lowest BCUT2D eigenvalue weighted by atomic mass is 9.77. The molecular formula is C14H26N2O4. The molecule has 1 amide bonds. The van der Waals surface area contributed by atoms with E-state index < -0.39 is 17.2 Å². The van der Waals surface area contributed by atoms with Crippen LogP contribution in [-0.2, 0) is 14.3 Å². The van der Waals surface area contributed by atoms with Gasteiger partial charge in [0.25, 0.3) is 0 Å². The lowest BCUT2D eigenvalue weighted by Gasteiger charge is -2.37. The van der Waals surface area contributed by atoms with Crippen LogP contribution in [0.25, 0.3) is 0 Å². The number of esters is 1. The molecule has 0 heterocycles. The highest BCUT2D eigenvalue weighted by molar-refractivity contribution is 5.71. The van der Waals surface area contributed by atoms with Crippen LogP contribution in [0.5, 0.6) is 0 Å². The molecule has 1 aliphatic rings. The van der Waals surface area contributed by atoms with Gasteiger partial charge in [-0.3, -0.25) is 4.79 Å². The Balaban J connectivity index is 2.52. The zero-order chi connectivity index (χ0) is 15.4. The number of ether oxygens (including phenoxy) is 2. The first-order chi connectivity index (χ1) is 9.13. The summed E-state index contributed by atoms with van der Waals surface area (Å²) in [6.07, 6.45) is 2.77. The molecule has 0 bridgehead atoms. The minimum Gasteiger partial charge on any atom is -0.469 e. The van der Waals surface area contributed by atoms with E-state index in [0.717, 1.165) is 19.3 Å². The number of alkyl carbamates (subject to hydrolysis) is 1. The molecule has 116 valence electrons. The largest absolute Gasteiger partial charge is 0.469 e. The molecule has 1 aliphatic carbocycles. The minimum atomic E-state index is -0.606. The Hall–Kier alpha value is -1.30. The van der Waals surface area contributed by atoms with Gasteiger partial charge in [-0.05, 0) is 46.5 Å². The van der Waals surface area contributed by atoms with Gasteiger partial charge in [0.2, 0.25) is 0 Å². The Labute approximate surface area is 120 Å². The maximum atomic E-state index is 11.8. The highest BCUT2D eigenvalue weighted by atomic mass is 16.6. The average Bonchev–Trinajstić information content (AvgIpc) is 2.25. The zero-order valence-electron chi connectivity index (χ0n) is 12.8. The van der Waals surface area contributed by atoms with Crippen molar-refractivity contribution in [1.29, 1.82) is 0 Å². The maximum absolute atomic E-state index is 11.8. The highest BCUT2D eigenvalue weighted by Crippen LogP contribution is 2.29. The SMILES string of the molecule is COC(=O)CC1(N)CCCC(NC(=O)OC(C)(C)C)C1. The van der Waals surface area contributed by atoms with Gasteiger partial charge < -0.3 is 20.5 Å². The summed E-state index contributed by atoms with van der Waals surface area (Å²) in [6.45, 7) is 5.45. The number of nitrogens with one attached hydrogen (secondary N) is 1. The Kier molecular flexibility index (Phi) is 5.39. The van der Waals surface area contributed by atoms with E-state index in [1.54, 1.807) is 0 Å². The molecule has 2 atom stereocenters. The monoisotopic (exact) mass is 286 g/mol. The molecule has 0 aliphatic heterocycles. The Morgan fingerprint density at radius 1 is 1.40 bits per heavy atom. The number of carbonyl (C=O) groups excluding carboxylic acids is 2. The van der Waals surface area contributed by atoms with E-state index in [-0.39, 0.29) is 18.4 Å². The first-order valence-electron chi connectivity index (χ1n) is 6.99. The Morgan fingerprint density at radius 2 is 2.05 bits per heavy atom. The van der Waals surface area contributed by atoms with Crippen LogP contribution in [-0.4, -0.2) is 36.4 Å². The number of amides is 1. The molecule has 0 spiro atoms. The van der Waals surface area contributed by atoms with E-state index in [9.17, 15) is 9.59 Å². The fourth-order valence-electron chi connectivity index (χ4n) is 2.51. The van der Waals surface area contributed by atoms with Gasteiger partial charge in [0.15, 0.2) is 0 Å². The van der Waals surface area contributed by atoms with E-state index in [0.29, 0.717) is 6.42 Å². The average molecular weight is 286 g/mol. The van der Waals surface area contributed by atoms with Gasteiger partial charge in [-0.15, -0.1) is 0 Å². The first-order valence-corrected chi connectivity index (χ1v) is 6.99. The molecule has 6 heteroatoms. The van der Waals surface area contributed by atoms with Crippen molar-refractivity contribution < 1.29 is 19.1 Å². The first kappa shape index (κ1) is 16.8. The molecular weight excluding hydrogens is 260 g/mol. The second kappa shape index (κ2) is 6.43.